The summed E-state index contributed by atoms with van der Waals surface area (Å²) in [7, 11) is -2.41. The molecular formula is C24H30N6O5S. The van der Waals surface area contributed by atoms with Crippen LogP contribution >= 0.6 is 0 Å². The van der Waals surface area contributed by atoms with Crippen LogP contribution in [0.1, 0.15) is 58.9 Å². The third kappa shape index (κ3) is 6.26. The van der Waals surface area contributed by atoms with Gasteiger partial charge in [0.2, 0.25) is 10.0 Å². The van der Waals surface area contributed by atoms with Crippen molar-refractivity contribution < 1.29 is 22.7 Å². The van der Waals surface area contributed by atoms with Crippen molar-refractivity contribution in [2.75, 3.05) is 11.9 Å². The number of benzene rings is 1. The van der Waals surface area contributed by atoms with E-state index in [1.54, 1.807) is 31.4 Å². The summed E-state index contributed by atoms with van der Waals surface area (Å²) in [5.74, 6) is -1.20. The van der Waals surface area contributed by atoms with Gasteiger partial charge in [0, 0.05) is 13.2 Å². The van der Waals surface area contributed by atoms with E-state index < -0.39 is 21.8 Å². The maximum atomic E-state index is 13.4. The Hall–Kier alpha value is -3.77. The van der Waals surface area contributed by atoms with E-state index in [1.165, 1.54) is 22.9 Å². The number of hydrogen-bond acceptors (Lipinski definition) is 7. The molecule has 2 heterocycles. The predicted octanol–water partition coefficient (Wildman–Crippen LogP) is 2.39. The van der Waals surface area contributed by atoms with Crippen molar-refractivity contribution in [3.63, 3.8) is 0 Å². The zero-order valence-corrected chi connectivity index (χ0v) is 21.3. The highest BCUT2D eigenvalue weighted by Gasteiger charge is 2.25. The van der Waals surface area contributed by atoms with Gasteiger partial charge >= 0.3 is 0 Å². The molecule has 0 fully saturated rings. The molecule has 11 nitrogen and oxygen atoms in total. The molecule has 0 spiro atoms. The summed E-state index contributed by atoms with van der Waals surface area (Å²) < 4.78 is 35.4. The molecule has 1 aromatic carbocycles. The summed E-state index contributed by atoms with van der Waals surface area (Å²) in [5, 5.41) is 7.02. The zero-order valence-electron chi connectivity index (χ0n) is 20.4. The van der Waals surface area contributed by atoms with Gasteiger partial charge in [-0.3, -0.25) is 19.3 Å². The third-order valence-corrected chi connectivity index (χ3v) is 6.61. The van der Waals surface area contributed by atoms with Crippen molar-refractivity contribution in [2.24, 2.45) is 12.8 Å². The maximum Gasteiger partial charge on any atom is 0.269 e. The number of nitrogens with one attached hydrogen (secondary N) is 2. The van der Waals surface area contributed by atoms with Gasteiger partial charge in [0.05, 0.1) is 40.7 Å². The number of aromatic nitrogens is 3. The van der Waals surface area contributed by atoms with E-state index in [4.69, 9.17) is 10.5 Å². The molecule has 3 aromatic rings. The third-order valence-electron chi connectivity index (χ3n) is 5.22. The molecular weight excluding hydrogens is 484 g/mol. The molecule has 0 aliphatic heterocycles. The molecule has 0 aliphatic carbocycles. The van der Waals surface area contributed by atoms with Gasteiger partial charge in [-0.1, -0.05) is 26.3 Å². The number of carbonyl (C=O) groups excluding carboxylic acids is 2. The number of sulfonamides is 1. The number of carbonyl (C=O) groups is 2. The van der Waals surface area contributed by atoms with Gasteiger partial charge in [0.15, 0.2) is 0 Å². The lowest BCUT2D eigenvalue weighted by atomic mass is 10.1. The first-order chi connectivity index (χ1) is 17.2. The first-order valence-corrected chi connectivity index (χ1v) is 13.0. The number of primary amides is 1. The van der Waals surface area contributed by atoms with Gasteiger partial charge in [-0.2, -0.15) is 5.10 Å². The quantitative estimate of drug-likeness (QED) is 0.335. The fourth-order valence-corrected chi connectivity index (χ4v) is 4.56. The first-order valence-electron chi connectivity index (χ1n) is 11.5. The number of nitrogens with zero attached hydrogens (tertiary/aromatic N) is 3. The number of pyridine rings is 1. The molecule has 2 aromatic heterocycles. The summed E-state index contributed by atoms with van der Waals surface area (Å²) in [6, 6.07) is 9.22. The number of rotatable bonds is 12. The Kier molecular flexibility index (Phi) is 8.78. The van der Waals surface area contributed by atoms with Gasteiger partial charge in [0.1, 0.15) is 11.4 Å². The minimum absolute atomic E-state index is 0.00844. The summed E-state index contributed by atoms with van der Waals surface area (Å²) >= 11 is 0. The van der Waals surface area contributed by atoms with Crippen molar-refractivity contribution in [3.8, 4) is 5.75 Å². The zero-order chi connectivity index (χ0) is 26.3. The second-order valence-electron chi connectivity index (χ2n) is 8.01. The molecule has 36 heavy (non-hydrogen) atoms. The van der Waals surface area contributed by atoms with Crippen LogP contribution in [0.4, 0.5) is 5.69 Å². The van der Waals surface area contributed by atoms with Gasteiger partial charge in [0.25, 0.3) is 11.8 Å². The lowest BCUT2D eigenvalue weighted by Gasteiger charge is -2.14. The first kappa shape index (κ1) is 26.8. The minimum Gasteiger partial charge on any atom is -0.493 e. The van der Waals surface area contributed by atoms with E-state index >= 15 is 0 Å². The number of aryl methyl sites for hydroxylation is 2. The average molecular weight is 515 g/mol. The summed E-state index contributed by atoms with van der Waals surface area (Å²) in [6.45, 7) is 4.15. The van der Waals surface area contributed by atoms with Gasteiger partial charge in [-0.15, -0.1) is 0 Å². The topological polar surface area (TPSA) is 158 Å². The molecule has 12 heteroatoms. The fourth-order valence-electron chi connectivity index (χ4n) is 3.53. The Morgan fingerprint density at radius 1 is 1.14 bits per heavy atom. The number of anilines is 1. The largest absolute Gasteiger partial charge is 0.493 e. The SMILES string of the molecule is CCCOc1ccc(S(=O)(=O)NCc2ccccn2)cc1C(=O)Nc1c(CCC)nn(C)c1C(N)=O. The van der Waals surface area contributed by atoms with Gasteiger partial charge in [-0.25, -0.2) is 13.1 Å². The highest BCUT2D eigenvalue weighted by atomic mass is 32.2. The standard InChI is InChI=1S/C24H30N6O5S/c1-4-8-19-21(22(23(25)31)30(3)29-19)28-24(32)18-14-17(10-11-20(18)35-13-5-2)36(33,34)27-15-16-9-6-7-12-26-16/h6-7,9-12,14,27H,4-5,8,13,15H2,1-3H3,(H2,25,31)(H,28,32). The van der Waals surface area contributed by atoms with Crippen LogP contribution in [0.5, 0.6) is 5.75 Å². The highest BCUT2D eigenvalue weighted by molar-refractivity contribution is 7.89. The molecule has 2 amide bonds. The van der Waals surface area contributed by atoms with Crippen LogP contribution in [-0.2, 0) is 30.0 Å². The van der Waals surface area contributed by atoms with Crippen LogP contribution in [0.25, 0.3) is 0 Å². The summed E-state index contributed by atoms with van der Waals surface area (Å²) in [4.78, 5) is 29.4. The van der Waals surface area contributed by atoms with E-state index in [2.05, 4.69) is 20.1 Å². The van der Waals surface area contributed by atoms with Crippen molar-refractivity contribution >= 4 is 27.5 Å². The Morgan fingerprint density at radius 2 is 1.92 bits per heavy atom. The van der Waals surface area contributed by atoms with Crippen molar-refractivity contribution in [1.29, 1.82) is 0 Å². The van der Waals surface area contributed by atoms with E-state index in [0.29, 0.717) is 30.8 Å². The highest BCUT2D eigenvalue weighted by Crippen LogP contribution is 2.27. The second kappa shape index (κ2) is 11.8. The van der Waals surface area contributed by atoms with E-state index in [-0.39, 0.29) is 34.1 Å². The van der Waals surface area contributed by atoms with E-state index in [0.717, 1.165) is 6.42 Å². The molecule has 0 saturated heterocycles. The number of nitrogens with two attached hydrogens (primary N) is 1. The fraction of sp³-hybridized carbons (Fsp3) is 0.333. The monoisotopic (exact) mass is 514 g/mol. The molecule has 0 radical (unpaired) electrons. The van der Waals surface area contributed by atoms with E-state index in [1.807, 2.05) is 13.8 Å². The average Bonchev–Trinajstić information content (AvgIpc) is 3.16. The van der Waals surface area contributed by atoms with Crippen LogP contribution < -0.4 is 20.5 Å². The Labute approximate surface area is 210 Å². The Bertz CT molecular complexity index is 1340. The van der Waals surface area contributed by atoms with Crippen LogP contribution in [0.15, 0.2) is 47.5 Å². The summed E-state index contributed by atoms with van der Waals surface area (Å²) in [6.07, 6.45) is 3.47. The molecule has 0 saturated carbocycles. The maximum absolute atomic E-state index is 13.4. The molecule has 0 aliphatic rings. The smallest absolute Gasteiger partial charge is 0.269 e. The molecule has 192 valence electrons. The molecule has 4 N–H and O–H groups in total. The number of hydrogen-bond donors (Lipinski definition) is 3. The van der Waals surface area contributed by atoms with Crippen LogP contribution in [-0.4, -0.2) is 41.6 Å². The molecule has 0 atom stereocenters. The Morgan fingerprint density at radius 3 is 2.56 bits per heavy atom. The second-order valence-corrected chi connectivity index (χ2v) is 9.78. The van der Waals surface area contributed by atoms with Crippen LogP contribution in [0.2, 0.25) is 0 Å². The molecule has 0 unspecified atom stereocenters. The molecule has 0 bridgehead atoms. The van der Waals surface area contributed by atoms with Crippen LogP contribution in [0, 0.1) is 0 Å². The van der Waals surface area contributed by atoms with Crippen molar-refractivity contribution in [2.45, 2.75) is 44.6 Å². The van der Waals surface area contributed by atoms with Crippen molar-refractivity contribution in [3.05, 3.63) is 65.2 Å². The normalized spacial score (nSPS) is 11.3. The predicted molar refractivity (Wildman–Crippen MR) is 134 cm³/mol. The molecule has 3 rings (SSSR count). The summed E-state index contributed by atoms with van der Waals surface area (Å²) in [5.41, 5.74) is 6.80. The number of amides is 2. The van der Waals surface area contributed by atoms with Crippen LogP contribution in [0.3, 0.4) is 0 Å². The van der Waals surface area contributed by atoms with Crippen molar-refractivity contribution in [1.82, 2.24) is 19.5 Å². The van der Waals surface area contributed by atoms with Gasteiger partial charge in [-0.05, 0) is 43.2 Å². The lowest BCUT2D eigenvalue weighted by Crippen LogP contribution is -2.25. The lowest BCUT2D eigenvalue weighted by molar-refractivity contribution is 0.0992. The number of ether oxygens (including phenoxy) is 1. The Balaban J connectivity index is 1.97. The minimum atomic E-state index is -3.98. The van der Waals surface area contributed by atoms with Gasteiger partial charge < -0.3 is 15.8 Å². The van der Waals surface area contributed by atoms with E-state index in [9.17, 15) is 18.0 Å².